The van der Waals surface area contributed by atoms with Crippen molar-refractivity contribution in [1.29, 1.82) is 0 Å². The lowest BCUT2D eigenvalue weighted by Gasteiger charge is -2.50. The summed E-state index contributed by atoms with van der Waals surface area (Å²) in [4.78, 5) is 36.0. The fraction of sp³-hybridized carbons (Fsp3) is 0.706. The summed E-state index contributed by atoms with van der Waals surface area (Å²) in [5.74, 6) is -1.85. The summed E-state index contributed by atoms with van der Waals surface area (Å²) in [5.41, 5.74) is 0.463. The highest BCUT2D eigenvalue weighted by Gasteiger charge is 2.57. The van der Waals surface area contributed by atoms with Crippen molar-refractivity contribution >= 4 is 26.1 Å². The Kier molecular flexibility index (Phi) is 4.33. The van der Waals surface area contributed by atoms with E-state index in [-0.39, 0.29) is 35.9 Å². The maximum absolute atomic E-state index is 12.6. The molecule has 1 heterocycles. The van der Waals surface area contributed by atoms with Gasteiger partial charge in [-0.2, -0.15) is 0 Å². The van der Waals surface area contributed by atoms with E-state index >= 15 is 0 Å². The molecule has 0 aromatic heterocycles. The topological polar surface area (TPSA) is 102 Å². The highest BCUT2D eigenvalue weighted by molar-refractivity contribution is 6.06. The number of carbonyl (C=O) groups excluding carboxylic acids is 2. The van der Waals surface area contributed by atoms with Crippen molar-refractivity contribution in [1.82, 2.24) is 5.32 Å². The third kappa shape index (κ3) is 2.71. The summed E-state index contributed by atoms with van der Waals surface area (Å²) in [7, 11) is 1.36. The number of cyclic esters (lactones) is 1. The van der Waals surface area contributed by atoms with Crippen LogP contribution in [-0.4, -0.2) is 43.3 Å². The van der Waals surface area contributed by atoms with Crippen molar-refractivity contribution in [2.45, 2.75) is 45.8 Å². The second-order valence-electron chi connectivity index (χ2n) is 7.82. The van der Waals surface area contributed by atoms with Crippen LogP contribution >= 0.6 is 0 Å². The molecule has 0 aromatic carbocycles. The van der Waals surface area contributed by atoms with Gasteiger partial charge in [-0.05, 0) is 25.7 Å². The lowest BCUT2D eigenvalue weighted by atomic mass is 9.55. The van der Waals surface area contributed by atoms with Crippen molar-refractivity contribution < 1.29 is 28.9 Å². The number of amides is 1. The number of nitrogens with one attached hydrogen (secondary N) is 1. The van der Waals surface area contributed by atoms with Crippen LogP contribution in [0.2, 0.25) is 0 Å². The summed E-state index contributed by atoms with van der Waals surface area (Å²) >= 11 is 0. The zero-order valence-electron chi connectivity index (χ0n) is 14.9. The molecule has 2 fully saturated rings. The molecule has 1 saturated carbocycles. The predicted octanol–water partition coefficient (Wildman–Crippen LogP) is 0.884. The molecule has 25 heavy (non-hydrogen) atoms. The SMILES string of the molecule is BOC(=O)[C@H]1C2CC[C@H](NC(=O)O)C(C)(C)C2=C[C@H]2C(=O)O[C@H](C)[C@H]21. The number of hydrogen-bond acceptors (Lipinski definition) is 5. The number of ether oxygens (including phenoxy) is 1. The fourth-order valence-electron chi connectivity index (χ4n) is 5.06. The lowest BCUT2D eigenvalue weighted by Crippen LogP contribution is -2.54. The van der Waals surface area contributed by atoms with Crippen molar-refractivity contribution in [3.05, 3.63) is 11.6 Å². The molecule has 1 saturated heterocycles. The Morgan fingerprint density at radius 1 is 1.40 bits per heavy atom. The number of hydrogen-bond donors (Lipinski definition) is 2. The van der Waals surface area contributed by atoms with Gasteiger partial charge in [0.05, 0.1) is 11.8 Å². The quantitative estimate of drug-likeness (QED) is 0.436. The molecule has 1 unspecified atom stereocenters. The largest absolute Gasteiger partial charge is 0.543 e. The molecule has 0 radical (unpaired) electrons. The normalized spacial score (nSPS) is 38.7. The average Bonchev–Trinajstić information content (AvgIpc) is 2.82. The number of carboxylic acid groups (broad SMARTS) is 1. The van der Waals surface area contributed by atoms with E-state index in [2.05, 4.69) is 5.32 Å². The zero-order valence-corrected chi connectivity index (χ0v) is 14.9. The Balaban J connectivity index is 2.05. The van der Waals surface area contributed by atoms with Gasteiger partial charge in [-0.15, -0.1) is 0 Å². The molecule has 1 amide bonds. The molecule has 0 spiro atoms. The Hall–Kier alpha value is -1.99. The highest BCUT2D eigenvalue weighted by atomic mass is 16.6. The predicted molar refractivity (Wildman–Crippen MR) is 90.2 cm³/mol. The van der Waals surface area contributed by atoms with Gasteiger partial charge in [-0.3, -0.25) is 9.59 Å². The van der Waals surface area contributed by atoms with Crippen LogP contribution in [0.15, 0.2) is 11.6 Å². The minimum absolute atomic E-state index is 0.0625. The van der Waals surface area contributed by atoms with Gasteiger partial charge in [-0.1, -0.05) is 25.5 Å². The summed E-state index contributed by atoms with van der Waals surface area (Å²) in [6, 6.07) is -0.266. The molecule has 3 rings (SSSR count). The van der Waals surface area contributed by atoms with Crippen molar-refractivity contribution in [2.75, 3.05) is 0 Å². The Morgan fingerprint density at radius 2 is 2.08 bits per heavy atom. The maximum Gasteiger partial charge on any atom is 0.404 e. The van der Waals surface area contributed by atoms with Crippen LogP contribution in [0, 0.1) is 29.1 Å². The van der Waals surface area contributed by atoms with Crippen LogP contribution in [0.1, 0.15) is 33.6 Å². The van der Waals surface area contributed by atoms with Gasteiger partial charge in [0.2, 0.25) is 0 Å². The number of rotatable bonds is 2. The molecule has 136 valence electrons. The van der Waals surface area contributed by atoms with Gasteiger partial charge in [0.15, 0.2) is 0 Å². The second kappa shape index (κ2) is 6.07. The minimum atomic E-state index is -1.07. The van der Waals surface area contributed by atoms with Crippen molar-refractivity contribution in [3.63, 3.8) is 0 Å². The first kappa shape index (κ1) is 17.8. The Labute approximate surface area is 147 Å². The molecule has 8 heteroatoms. The lowest BCUT2D eigenvalue weighted by molar-refractivity contribution is -0.145. The van der Waals surface area contributed by atoms with Gasteiger partial charge in [0.1, 0.15) is 6.10 Å². The minimum Gasteiger partial charge on any atom is -0.543 e. The molecule has 0 bridgehead atoms. The van der Waals surface area contributed by atoms with E-state index in [0.29, 0.717) is 12.8 Å². The second-order valence-corrected chi connectivity index (χ2v) is 7.82. The molecule has 2 N–H and O–H groups in total. The van der Waals surface area contributed by atoms with E-state index in [0.717, 1.165) is 5.57 Å². The van der Waals surface area contributed by atoms with Crippen molar-refractivity contribution in [3.8, 4) is 0 Å². The van der Waals surface area contributed by atoms with Crippen molar-refractivity contribution in [2.24, 2.45) is 29.1 Å². The van der Waals surface area contributed by atoms with Gasteiger partial charge in [0, 0.05) is 17.4 Å². The van der Waals surface area contributed by atoms with Gasteiger partial charge in [-0.25, -0.2) is 4.79 Å². The fourth-order valence-corrected chi connectivity index (χ4v) is 5.06. The van der Waals surface area contributed by atoms with Crippen LogP contribution in [0.25, 0.3) is 0 Å². The van der Waals surface area contributed by atoms with E-state index in [4.69, 9.17) is 14.5 Å². The Morgan fingerprint density at radius 3 is 2.68 bits per heavy atom. The van der Waals surface area contributed by atoms with Crippen LogP contribution in [-0.2, 0) is 19.0 Å². The van der Waals surface area contributed by atoms with Crippen LogP contribution < -0.4 is 5.32 Å². The maximum atomic E-state index is 12.6. The summed E-state index contributed by atoms with van der Waals surface area (Å²) < 4.78 is 10.4. The van der Waals surface area contributed by atoms with Gasteiger partial charge >= 0.3 is 20.1 Å². The Bertz CT molecular complexity index is 645. The smallest absolute Gasteiger partial charge is 0.404 e. The zero-order chi connectivity index (χ0) is 18.5. The number of carbonyl (C=O) groups is 3. The van der Waals surface area contributed by atoms with E-state index in [1.165, 1.54) is 8.05 Å². The third-order valence-corrected chi connectivity index (χ3v) is 6.29. The van der Waals surface area contributed by atoms with E-state index in [9.17, 15) is 14.4 Å². The number of esters is 1. The molecule has 1 aliphatic heterocycles. The molecule has 6 atom stereocenters. The van der Waals surface area contributed by atoms with E-state index in [1.54, 1.807) is 0 Å². The van der Waals surface area contributed by atoms with Crippen LogP contribution in [0.5, 0.6) is 0 Å². The average molecular weight is 349 g/mol. The molecule has 3 aliphatic rings. The highest BCUT2D eigenvalue weighted by Crippen LogP contribution is 2.55. The van der Waals surface area contributed by atoms with Crippen LogP contribution in [0.3, 0.4) is 0 Å². The van der Waals surface area contributed by atoms with Gasteiger partial charge < -0.3 is 19.8 Å². The summed E-state index contributed by atoms with van der Waals surface area (Å²) in [6.45, 7) is 5.74. The standard InChI is InChI=1S/C17H24BNO6/c1-7-12-9(14(20)24-7)6-10-8(13(12)15(21)25-18)4-5-11(17(10,2)3)19-16(22)23/h6-9,11-13,19H,4-5,18H2,1-3H3,(H,22,23)/t7-,8?,9-,11+,12-,13+/m1/s1. The first-order valence-electron chi connectivity index (χ1n) is 8.68. The molecular formula is C17H24BNO6. The third-order valence-electron chi connectivity index (χ3n) is 6.29. The molecule has 0 aromatic rings. The summed E-state index contributed by atoms with van der Waals surface area (Å²) in [6.07, 6.45) is 1.83. The van der Waals surface area contributed by atoms with E-state index in [1.807, 2.05) is 26.8 Å². The van der Waals surface area contributed by atoms with E-state index < -0.39 is 23.3 Å². The first-order valence-corrected chi connectivity index (χ1v) is 8.68. The first-order chi connectivity index (χ1) is 11.7. The number of fused-ring (bicyclic) bond motifs is 2. The molecule has 7 nitrogen and oxygen atoms in total. The molecule has 2 aliphatic carbocycles. The van der Waals surface area contributed by atoms with Gasteiger partial charge in [0.25, 0.3) is 5.97 Å². The molecular weight excluding hydrogens is 325 g/mol. The summed E-state index contributed by atoms with van der Waals surface area (Å²) in [5, 5.41) is 11.7. The monoisotopic (exact) mass is 349 g/mol. The van der Waals surface area contributed by atoms with Crippen LogP contribution in [0.4, 0.5) is 4.79 Å².